The van der Waals surface area contributed by atoms with Gasteiger partial charge >= 0.3 is 0 Å². The Labute approximate surface area is 125 Å². The minimum atomic E-state index is -2.85. The van der Waals surface area contributed by atoms with Crippen molar-refractivity contribution in [2.75, 3.05) is 11.5 Å². The molecular weight excluding hydrogens is 286 g/mol. The Balaban J connectivity index is 2.02. The van der Waals surface area contributed by atoms with Crippen LogP contribution in [0.5, 0.6) is 0 Å². The van der Waals surface area contributed by atoms with E-state index in [0.29, 0.717) is 12.2 Å². The minimum absolute atomic E-state index is 0.129. The maximum atomic E-state index is 11.6. The van der Waals surface area contributed by atoms with Crippen molar-refractivity contribution in [3.8, 4) is 0 Å². The molecule has 2 aromatic rings. The molecule has 1 saturated heterocycles. The molecule has 0 amide bonds. The zero-order valence-corrected chi connectivity index (χ0v) is 13.5. The molecule has 1 atom stereocenters. The number of hydrogen-bond acceptors (Lipinski definition) is 4. The van der Waals surface area contributed by atoms with Gasteiger partial charge in [0.1, 0.15) is 11.3 Å². The highest BCUT2D eigenvalue weighted by molar-refractivity contribution is 7.91. The Morgan fingerprint density at radius 1 is 1.38 bits per heavy atom. The molecule has 3 rings (SSSR count). The highest BCUT2D eigenvalue weighted by Crippen LogP contribution is 2.28. The molecule has 0 saturated carbocycles. The molecule has 0 spiro atoms. The number of rotatable bonds is 2. The van der Waals surface area contributed by atoms with Crippen LogP contribution in [-0.2, 0) is 21.8 Å². The first-order valence-corrected chi connectivity index (χ1v) is 9.12. The van der Waals surface area contributed by atoms with Crippen LogP contribution in [-0.4, -0.2) is 34.5 Å². The summed E-state index contributed by atoms with van der Waals surface area (Å²) in [7, 11) is -2.85. The van der Waals surface area contributed by atoms with Crippen LogP contribution in [0.25, 0.3) is 11.2 Å². The van der Waals surface area contributed by atoms with Gasteiger partial charge in [0.25, 0.3) is 0 Å². The fraction of sp³-hybridized carbons (Fsp3) is 0.600. The second-order valence-electron chi connectivity index (χ2n) is 6.85. The van der Waals surface area contributed by atoms with E-state index in [9.17, 15) is 8.42 Å². The van der Waals surface area contributed by atoms with Crippen molar-refractivity contribution in [3.05, 3.63) is 24.2 Å². The van der Waals surface area contributed by atoms with E-state index < -0.39 is 9.84 Å². The summed E-state index contributed by atoms with van der Waals surface area (Å²) in [6.07, 6.45) is 3.21. The molecule has 1 unspecified atom stereocenters. The molecule has 3 heterocycles. The monoisotopic (exact) mass is 307 g/mol. The maximum Gasteiger partial charge on any atom is 0.160 e. The molecular formula is C15H21N3O2S. The van der Waals surface area contributed by atoms with Crippen molar-refractivity contribution < 1.29 is 8.42 Å². The lowest BCUT2D eigenvalue weighted by Gasteiger charge is -2.24. The quantitative estimate of drug-likeness (QED) is 0.853. The molecule has 0 aliphatic carbocycles. The van der Waals surface area contributed by atoms with Crippen LogP contribution in [0.3, 0.4) is 0 Å². The van der Waals surface area contributed by atoms with Crippen molar-refractivity contribution in [1.82, 2.24) is 14.5 Å². The average molecular weight is 307 g/mol. The molecule has 0 N–H and O–H groups in total. The van der Waals surface area contributed by atoms with E-state index in [1.807, 2.05) is 12.1 Å². The van der Waals surface area contributed by atoms with Gasteiger partial charge in [-0.2, -0.15) is 0 Å². The molecule has 6 heteroatoms. The van der Waals surface area contributed by atoms with Gasteiger partial charge in [-0.1, -0.05) is 0 Å². The fourth-order valence-electron chi connectivity index (χ4n) is 3.09. The van der Waals surface area contributed by atoms with Crippen molar-refractivity contribution in [2.24, 2.45) is 5.92 Å². The normalized spacial score (nSPS) is 22.0. The number of sulfone groups is 1. The van der Waals surface area contributed by atoms with Crippen LogP contribution >= 0.6 is 0 Å². The standard InChI is InChI=1S/C15H21N3O2S/c1-15(2,3)18-13(9-11-6-8-21(19,20)10-11)17-12-5-4-7-16-14(12)18/h4-5,7,11H,6,8-10H2,1-3H3. The smallest absolute Gasteiger partial charge is 0.160 e. The Kier molecular flexibility index (Phi) is 3.31. The van der Waals surface area contributed by atoms with E-state index in [1.54, 1.807) is 6.20 Å². The van der Waals surface area contributed by atoms with E-state index >= 15 is 0 Å². The second-order valence-corrected chi connectivity index (χ2v) is 9.08. The summed E-state index contributed by atoms with van der Waals surface area (Å²) in [6.45, 7) is 6.37. The first-order chi connectivity index (χ1) is 9.76. The Bertz CT molecular complexity index is 772. The second kappa shape index (κ2) is 4.80. The van der Waals surface area contributed by atoms with Crippen LogP contribution in [0, 0.1) is 5.92 Å². The van der Waals surface area contributed by atoms with E-state index in [0.717, 1.165) is 23.4 Å². The molecule has 114 valence electrons. The van der Waals surface area contributed by atoms with Gasteiger partial charge in [-0.25, -0.2) is 18.4 Å². The number of hydrogen-bond donors (Lipinski definition) is 0. The number of pyridine rings is 1. The van der Waals surface area contributed by atoms with Gasteiger partial charge in [-0.05, 0) is 45.2 Å². The van der Waals surface area contributed by atoms with Crippen molar-refractivity contribution in [3.63, 3.8) is 0 Å². The summed E-state index contributed by atoms with van der Waals surface area (Å²) in [5, 5.41) is 0. The zero-order valence-electron chi connectivity index (χ0n) is 12.7. The van der Waals surface area contributed by atoms with Gasteiger partial charge in [0.15, 0.2) is 15.5 Å². The minimum Gasteiger partial charge on any atom is -0.307 e. The van der Waals surface area contributed by atoms with Crippen LogP contribution < -0.4 is 0 Å². The van der Waals surface area contributed by atoms with Gasteiger partial charge in [-0.15, -0.1) is 0 Å². The fourth-order valence-corrected chi connectivity index (χ4v) is 4.95. The lowest BCUT2D eigenvalue weighted by Crippen LogP contribution is -2.25. The zero-order chi connectivity index (χ0) is 15.3. The third-order valence-corrected chi connectivity index (χ3v) is 5.79. The predicted octanol–water partition coefficient (Wildman–Crippen LogP) is 2.16. The summed E-state index contributed by atoms with van der Waals surface area (Å²) in [6, 6.07) is 3.84. The Morgan fingerprint density at radius 2 is 2.14 bits per heavy atom. The summed E-state index contributed by atoms with van der Waals surface area (Å²) >= 11 is 0. The highest BCUT2D eigenvalue weighted by atomic mass is 32.2. The predicted molar refractivity (Wildman–Crippen MR) is 83.0 cm³/mol. The number of imidazole rings is 1. The largest absolute Gasteiger partial charge is 0.307 e. The van der Waals surface area contributed by atoms with Crippen molar-refractivity contribution in [2.45, 2.75) is 39.2 Å². The number of fused-ring (bicyclic) bond motifs is 1. The molecule has 2 aromatic heterocycles. The van der Waals surface area contributed by atoms with E-state index in [-0.39, 0.29) is 17.2 Å². The topological polar surface area (TPSA) is 64.8 Å². The maximum absolute atomic E-state index is 11.6. The van der Waals surface area contributed by atoms with Gasteiger partial charge < -0.3 is 4.57 Å². The van der Waals surface area contributed by atoms with E-state index in [1.165, 1.54) is 0 Å². The van der Waals surface area contributed by atoms with Crippen LogP contribution in [0.2, 0.25) is 0 Å². The first-order valence-electron chi connectivity index (χ1n) is 7.29. The molecule has 21 heavy (non-hydrogen) atoms. The molecule has 0 aromatic carbocycles. The van der Waals surface area contributed by atoms with Gasteiger partial charge in [0, 0.05) is 18.2 Å². The summed E-state index contributed by atoms with van der Waals surface area (Å²) in [5.74, 6) is 1.71. The van der Waals surface area contributed by atoms with Gasteiger partial charge in [0.2, 0.25) is 0 Å². The SMILES string of the molecule is CC(C)(C)n1c(CC2CCS(=O)(=O)C2)nc2cccnc21. The highest BCUT2D eigenvalue weighted by Gasteiger charge is 2.31. The Morgan fingerprint density at radius 3 is 2.76 bits per heavy atom. The first kappa shape index (κ1) is 14.5. The van der Waals surface area contributed by atoms with E-state index in [4.69, 9.17) is 4.98 Å². The third-order valence-electron chi connectivity index (χ3n) is 3.95. The Hall–Kier alpha value is -1.43. The summed E-state index contributed by atoms with van der Waals surface area (Å²) in [5.41, 5.74) is 1.62. The summed E-state index contributed by atoms with van der Waals surface area (Å²) in [4.78, 5) is 9.15. The molecule has 5 nitrogen and oxygen atoms in total. The van der Waals surface area contributed by atoms with Crippen molar-refractivity contribution in [1.29, 1.82) is 0 Å². The van der Waals surface area contributed by atoms with Crippen LogP contribution in [0.4, 0.5) is 0 Å². The molecule has 1 aliphatic heterocycles. The third kappa shape index (κ3) is 2.81. The number of nitrogens with zero attached hydrogens (tertiary/aromatic N) is 3. The average Bonchev–Trinajstić information content (AvgIpc) is 2.88. The molecule has 0 bridgehead atoms. The van der Waals surface area contributed by atoms with Crippen molar-refractivity contribution >= 4 is 21.0 Å². The molecule has 0 radical (unpaired) electrons. The van der Waals surface area contributed by atoms with Gasteiger partial charge in [0.05, 0.1) is 11.5 Å². The van der Waals surface area contributed by atoms with Crippen LogP contribution in [0.15, 0.2) is 18.3 Å². The molecule has 1 aliphatic rings. The summed E-state index contributed by atoms with van der Waals surface area (Å²) < 4.78 is 25.4. The van der Waals surface area contributed by atoms with E-state index in [2.05, 4.69) is 30.3 Å². The molecule has 1 fully saturated rings. The van der Waals surface area contributed by atoms with Crippen LogP contribution in [0.1, 0.15) is 33.0 Å². The lowest BCUT2D eigenvalue weighted by atomic mass is 10.0. The number of aromatic nitrogens is 3. The van der Waals surface area contributed by atoms with Gasteiger partial charge in [-0.3, -0.25) is 0 Å². The lowest BCUT2D eigenvalue weighted by molar-refractivity contribution is 0.382.